The Bertz CT molecular complexity index is 349. The third-order valence-electron chi connectivity index (χ3n) is 4.32. The van der Waals surface area contributed by atoms with E-state index in [0.717, 1.165) is 38.8 Å². The van der Waals surface area contributed by atoms with Crippen LogP contribution < -0.4 is 5.32 Å². The number of hydrogen-bond acceptors (Lipinski definition) is 4. The molecule has 1 aliphatic carbocycles. The van der Waals surface area contributed by atoms with E-state index in [1.807, 2.05) is 14.1 Å². The molecule has 5 heteroatoms. The van der Waals surface area contributed by atoms with E-state index < -0.39 is 0 Å². The van der Waals surface area contributed by atoms with Gasteiger partial charge < -0.3 is 10.2 Å². The summed E-state index contributed by atoms with van der Waals surface area (Å²) in [6, 6.07) is -0.149. The average Bonchev–Trinajstić information content (AvgIpc) is 2.60. The number of nitrogens with one attached hydrogen (secondary N) is 1. The summed E-state index contributed by atoms with van der Waals surface area (Å²) in [7, 11) is 4.00. The molecule has 0 radical (unpaired) electrons. The molecule has 0 aromatic rings. The number of hydrogen-bond donors (Lipinski definition) is 1. The zero-order valence-electron chi connectivity index (χ0n) is 12.7. The minimum absolute atomic E-state index is 0.000608. The van der Waals surface area contributed by atoms with Crippen molar-refractivity contribution in [2.24, 2.45) is 0 Å². The number of likely N-dealkylation sites (tertiary alicyclic amines) is 1. The summed E-state index contributed by atoms with van der Waals surface area (Å²) in [5.41, 5.74) is 0. The summed E-state index contributed by atoms with van der Waals surface area (Å²) < 4.78 is 0. The summed E-state index contributed by atoms with van der Waals surface area (Å²) in [5.74, 6) is 0.0184. The number of imide groups is 1. The lowest BCUT2D eigenvalue weighted by atomic mass is 10.1. The maximum absolute atomic E-state index is 12.4. The normalized spacial score (nSPS) is 25.6. The van der Waals surface area contributed by atoms with Crippen LogP contribution in [0, 0.1) is 0 Å². The zero-order chi connectivity index (χ0) is 14.5. The lowest BCUT2D eigenvalue weighted by molar-refractivity contribution is -0.141. The molecule has 0 spiro atoms. The van der Waals surface area contributed by atoms with Crippen LogP contribution in [0.4, 0.5) is 0 Å². The van der Waals surface area contributed by atoms with Crippen LogP contribution in [0.5, 0.6) is 0 Å². The van der Waals surface area contributed by atoms with Gasteiger partial charge in [-0.2, -0.15) is 0 Å². The van der Waals surface area contributed by atoms with E-state index in [9.17, 15) is 9.59 Å². The minimum atomic E-state index is -0.300. The first kappa shape index (κ1) is 15.4. The summed E-state index contributed by atoms with van der Waals surface area (Å²) in [6.45, 7) is 1.62. The predicted octanol–water partition coefficient (Wildman–Crippen LogP) is 0.988. The van der Waals surface area contributed by atoms with Gasteiger partial charge in [0.05, 0.1) is 12.5 Å². The van der Waals surface area contributed by atoms with Crippen molar-refractivity contribution in [3.8, 4) is 0 Å². The summed E-state index contributed by atoms with van der Waals surface area (Å²) in [4.78, 5) is 28.2. The molecule has 2 fully saturated rings. The highest BCUT2D eigenvalue weighted by atomic mass is 16.2. The smallest absolute Gasteiger partial charge is 0.247 e. The second-order valence-corrected chi connectivity index (χ2v) is 6.26. The summed E-state index contributed by atoms with van der Waals surface area (Å²) in [5, 5.41) is 3.22. The van der Waals surface area contributed by atoms with Crippen molar-refractivity contribution < 1.29 is 9.59 Å². The fraction of sp³-hybridized carbons (Fsp3) is 0.867. The van der Waals surface area contributed by atoms with Gasteiger partial charge in [-0.15, -0.1) is 0 Å². The van der Waals surface area contributed by atoms with Crippen LogP contribution in [0.1, 0.15) is 44.9 Å². The van der Waals surface area contributed by atoms with Crippen molar-refractivity contribution in [1.82, 2.24) is 15.1 Å². The highest BCUT2D eigenvalue weighted by Gasteiger charge is 2.41. The largest absolute Gasteiger partial charge is 0.308 e. The van der Waals surface area contributed by atoms with E-state index in [-0.39, 0.29) is 23.9 Å². The number of rotatable bonds is 5. The van der Waals surface area contributed by atoms with E-state index in [0.29, 0.717) is 6.42 Å². The van der Waals surface area contributed by atoms with Gasteiger partial charge in [0.15, 0.2) is 0 Å². The molecule has 5 nitrogen and oxygen atoms in total. The van der Waals surface area contributed by atoms with Gasteiger partial charge >= 0.3 is 0 Å². The molecule has 1 saturated carbocycles. The molecule has 1 unspecified atom stereocenters. The van der Waals surface area contributed by atoms with E-state index in [1.165, 1.54) is 12.8 Å². The summed E-state index contributed by atoms with van der Waals surface area (Å²) in [6.07, 6.45) is 7.06. The van der Waals surface area contributed by atoms with Crippen LogP contribution in [-0.4, -0.2) is 60.9 Å². The fourth-order valence-electron chi connectivity index (χ4n) is 3.17. The molecule has 0 aromatic heterocycles. The maximum Gasteiger partial charge on any atom is 0.247 e. The Kier molecular flexibility index (Phi) is 5.54. The van der Waals surface area contributed by atoms with Gasteiger partial charge in [0, 0.05) is 19.1 Å². The second-order valence-electron chi connectivity index (χ2n) is 6.26. The molecule has 114 valence electrons. The Labute approximate surface area is 121 Å². The van der Waals surface area contributed by atoms with Gasteiger partial charge in [-0.05, 0) is 26.9 Å². The molecule has 1 aliphatic heterocycles. The lowest BCUT2D eigenvalue weighted by Crippen LogP contribution is -2.45. The third kappa shape index (κ3) is 3.79. The number of nitrogens with zero attached hydrogens (tertiary/aromatic N) is 2. The highest BCUT2D eigenvalue weighted by molar-refractivity contribution is 6.05. The molecule has 0 bridgehead atoms. The Morgan fingerprint density at radius 3 is 2.40 bits per heavy atom. The number of amides is 2. The quantitative estimate of drug-likeness (QED) is 0.603. The van der Waals surface area contributed by atoms with Crippen molar-refractivity contribution >= 4 is 11.8 Å². The van der Waals surface area contributed by atoms with Crippen LogP contribution in [-0.2, 0) is 9.59 Å². The first-order chi connectivity index (χ1) is 9.59. The SMILES string of the molecule is CN(C)CCNC1CC(=O)N(C2CCCCCC2)C1=O. The van der Waals surface area contributed by atoms with Crippen molar-refractivity contribution in [1.29, 1.82) is 0 Å². The first-order valence-corrected chi connectivity index (χ1v) is 7.83. The Hall–Kier alpha value is -0.940. The van der Waals surface area contributed by atoms with Crippen molar-refractivity contribution in [3.63, 3.8) is 0 Å². The minimum Gasteiger partial charge on any atom is -0.308 e. The number of likely N-dealkylation sites (N-methyl/N-ethyl adjacent to an activating group) is 1. The standard InChI is InChI=1S/C15H27N3O2/c1-17(2)10-9-16-13-11-14(19)18(15(13)20)12-7-5-3-4-6-8-12/h12-13,16H,3-11H2,1-2H3. The molecule has 1 N–H and O–H groups in total. The third-order valence-corrected chi connectivity index (χ3v) is 4.32. The molecule has 2 rings (SSSR count). The van der Waals surface area contributed by atoms with Gasteiger partial charge in [-0.1, -0.05) is 25.7 Å². The van der Waals surface area contributed by atoms with Crippen LogP contribution in [0.2, 0.25) is 0 Å². The van der Waals surface area contributed by atoms with Gasteiger partial charge in [0.2, 0.25) is 11.8 Å². The zero-order valence-corrected chi connectivity index (χ0v) is 12.7. The average molecular weight is 281 g/mol. The molecular weight excluding hydrogens is 254 g/mol. The molecule has 2 aliphatic rings. The van der Waals surface area contributed by atoms with Crippen molar-refractivity contribution in [2.45, 2.75) is 57.0 Å². The molecule has 20 heavy (non-hydrogen) atoms. The van der Waals surface area contributed by atoms with Crippen LogP contribution >= 0.6 is 0 Å². The Balaban J connectivity index is 1.90. The van der Waals surface area contributed by atoms with Crippen LogP contribution in [0.15, 0.2) is 0 Å². The fourth-order valence-corrected chi connectivity index (χ4v) is 3.17. The number of carbonyl (C=O) groups is 2. The van der Waals surface area contributed by atoms with E-state index in [4.69, 9.17) is 0 Å². The topological polar surface area (TPSA) is 52.7 Å². The van der Waals surface area contributed by atoms with E-state index in [2.05, 4.69) is 10.2 Å². The molecule has 0 aromatic carbocycles. The lowest BCUT2D eigenvalue weighted by Gasteiger charge is -2.25. The Morgan fingerprint density at radius 2 is 1.80 bits per heavy atom. The number of carbonyl (C=O) groups excluding carboxylic acids is 2. The van der Waals surface area contributed by atoms with E-state index in [1.54, 1.807) is 4.90 Å². The monoisotopic (exact) mass is 281 g/mol. The predicted molar refractivity (Wildman–Crippen MR) is 78.3 cm³/mol. The van der Waals surface area contributed by atoms with Crippen LogP contribution in [0.3, 0.4) is 0 Å². The molecule has 1 atom stereocenters. The van der Waals surface area contributed by atoms with Gasteiger partial charge in [0.1, 0.15) is 0 Å². The highest BCUT2D eigenvalue weighted by Crippen LogP contribution is 2.26. The molecular formula is C15H27N3O2. The van der Waals surface area contributed by atoms with Crippen molar-refractivity contribution in [3.05, 3.63) is 0 Å². The summed E-state index contributed by atoms with van der Waals surface area (Å²) >= 11 is 0. The first-order valence-electron chi connectivity index (χ1n) is 7.83. The van der Waals surface area contributed by atoms with Gasteiger partial charge in [0.25, 0.3) is 0 Å². The van der Waals surface area contributed by atoms with E-state index >= 15 is 0 Å². The van der Waals surface area contributed by atoms with Crippen molar-refractivity contribution in [2.75, 3.05) is 27.2 Å². The van der Waals surface area contributed by atoms with Gasteiger partial charge in [-0.3, -0.25) is 14.5 Å². The second kappa shape index (κ2) is 7.18. The van der Waals surface area contributed by atoms with Gasteiger partial charge in [-0.25, -0.2) is 0 Å². The molecule has 1 saturated heterocycles. The maximum atomic E-state index is 12.4. The Morgan fingerprint density at radius 1 is 1.15 bits per heavy atom. The van der Waals surface area contributed by atoms with Crippen LogP contribution in [0.25, 0.3) is 0 Å². The molecule has 1 heterocycles. The molecule has 2 amide bonds.